The van der Waals surface area contributed by atoms with E-state index in [1.54, 1.807) is 0 Å². The van der Waals surface area contributed by atoms with E-state index < -0.39 is 0 Å². The van der Waals surface area contributed by atoms with Crippen LogP contribution >= 0.6 is 0 Å². The third kappa shape index (κ3) is 5.22. The van der Waals surface area contributed by atoms with Crippen LogP contribution in [0.25, 0.3) is 0 Å². The van der Waals surface area contributed by atoms with Crippen LogP contribution in [0.1, 0.15) is 32.6 Å². The van der Waals surface area contributed by atoms with Gasteiger partial charge in [0, 0.05) is 13.2 Å². The van der Waals surface area contributed by atoms with Crippen molar-refractivity contribution in [1.29, 1.82) is 0 Å². The first kappa shape index (κ1) is 9.01. The molecule has 0 amide bonds. The van der Waals surface area contributed by atoms with Gasteiger partial charge in [-0.1, -0.05) is 12.8 Å². The summed E-state index contributed by atoms with van der Waals surface area (Å²) < 4.78 is 10.3. The van der Waals surface area contributed by atoms with Gasteiger partial charge in [0.1, 0.15) is 0 Å². The summed E-state index contributed by atoms with van der Waals surface area (Å²) in [6, 6.07) is 0. The molecule has 1 heterocycles. The summed E-state index contributed by atoms with van der Waals surface area (Å²) in [6.07, 6.45) is 5.67. The van der Waals surface area contributed by atoms with Crippen LogP contribution in [0, 0.1) is 0 Å². The van der Waals surface area contributed by atoms with Crippen LogP contribution in [0.2, 0.25) is 0 Å². The number of hydrogen-bond donors (Lipinski definition) is 0. The van der Waals surface area contributed by atoms with Crippen molar-refractivity contribution in [2.24, 2.45) is 0 Å². The second-order valence-electron chi connectivity index (χ2n) is 3.00. The lowest BCUT2D eigenvalue weighted by Crippen LogP contribution is -1.93. The third-order valence-corrected chi connectivity index (χ3v) is 1.92. The van der Waals surface area contributed by atoms with Gasteiger partial charge in [-0.15, -0.1) is 0 Å². The second kappa shape index (κ2) is 5.56. The smallest absolute Gasteiger partial charge is 0.0810 e. The molecular weight excluding hydrogens is 140 g/mol. The molecule has 0 spiro atoms. The van der Waals surface area contributed by atoms with E-state index in [2.05, 4.69) is 0 Å². The Morgan fingerprint density at radius 1 is 1.36 bits per heavy atom. The summed E-state index contributed by atoms with van der Waals surface area (Å²) in [5, 5.41) is 0. The third-order valence-electron chi connectivity index (χ3n) is 1.92. The molecular formula is C9H18O2. The summed E-state index contributed by atoms with van der Waals surface area (Å²) in [5.74, 6) is 0. The van der Waals surface area contributed by atoms with Crippen molar-refractivity contribution in [3.05, 3.63) is 0 Å². The zero-order valence-electron chi connectivity index (χ0n) is 7.34. The minimum Gasteiger partial charge on any atom is -0.382 e. The average molecular weight is 158 g/mol. The van der Waals surface area contributed by atoms with Crippen molar-refractivity contribution in [1.82, 2.24) is 0 Å². The monoisotopic (exact) mass is 158 g/mol. The Morgan fingerprint density at radius 2 is 2.18 bits per heavy atom. The van der Waals surface area contributed by atoms with E-state index in [9.17, 15) is 0 Å². The second-order valence-corrected chi connectivity index (χ2v) is 3.00. The van der Waals surface area contributed by atoms with Crippen molar-refractivity contribution >= 4 is 0 Å². The van der Waals surface area contributed by atoms with Gasteiger partial charge in [0.05, 0.1) is 12.7 Å². The lowest BCUT2D eigenvalue weighted by atomic mass is 10.2. The summed E-state index contributed by atoms with van der Waals surface area (Å²) >= 11 is 0. The molecule has 0 N–H and O–H groups in total. The van der Waals surface area contributed by atoms with Gasteiger partial charge >= 0.3 is 0 Å². The van der Waals surface area contributed by atoms with Crippen LogP contribution in [0.15, 0.2) is 0 Å². The molecule has 1 atom stereocenters. The van der Waals surface area contributed by atoms with Gasteiger partial charge in [-0.25, -0.2) is 0 Å². The molecule has 0 bridgehead atoms. The van der Waals surface area contributed by atoms with E-state index in [-0.39, 0.29) is 0 Å². The molecule has 2 nitrogen and oxygen atoms in total. The molecule has 1 unspecified atom stereocenters. The van der Waals surface area contributed by atoms with Gasteiger partial charge < -0.3 is 9.47 Å². The normalized spacial score (nSPS) is 22.1. The van der Waals surface area contributed by atoms with Gasteiger partial charge in [-0.2, -0.15) is 0 Å². The molecule has 0 aromatic rings. The van der Waals surface area contributed by atoms with Crippen molar-refractivity contribution in [2.45, 2.75) is 38.7 Å². The average Bonchev–Trinajstić information content (AvgIpc) is 2.80. The molecule has 1 saturated heterocycles. The first-order valence-electron chi connectivity index (χ1n) is 4.63. The zero-order chi connectivity index (χ0) is 7.94. The highest BCUT2D eigenvalue weighted by Gasteiger charge is 2.20. The van der Waals surface area contributed by atoms with E-state index in [1.165, 1.54) is 25.7 Å². The zero-order valence-corrected chi connectivity index (χ0v) is 7.34. The van der Waals surface area contributed by atoms with Crippen LogP contribution in [0.3, 0.4) is 0 Å². The highest BCUT2D eigenvalue weighted by molar-refractivity contribution is 4.67. The van der Waals surface area contributed by atoms with Gasteiger partial charge in [-0.3, -0.25) is 0 Å². The first-order valence-corrected chi connectivity index (χ1v) is 4.63. The Kier molecular flexibility index (Phi) is 4.55. The predicted molar refractivity (Wildman–Crippen MR) is 44.7 cm³/mol. The van der Waals surface area contributed by atoms with Gasteiger partial charge in [-0.05, 0) is 19.8 Å². The van der Waals surface area contributed by atoms with E-state index >= 15 is 0 Å². The maximum atomic E-state index is 5.22. The minimum absolute atomic E-state index is 0.613. The Balaban J connectivity index is 1.66. The Labute approximate surface area is 68.9 Å². The molecule has 66 valence electrons. The number of hydrogen-bond acceptors (Lipinski definition) is 2. The molecule has 1 rings (SSSR count). The van der Waals surface area contributed by atoms with Crippen LogP contribution in [-0.4, -0.2) is 25.9 Å². The summed E-state index contributed by atoms with van der Waals surface area (Å²) in [7, 11) is 0. The van der Waals surface area contributed by atoms with Crippen molar-refractivity contribution < 1.29 is 9.47 Å². The number of unbranched alkanes of at least 4 members (excludes halogenated alkanes) is 2. The predicted octanol–water partition coefficient (Wildman–Crippen LogP) is 1.98. The van der Waals surface area contributed by atoms with Crippen LogP contribution in [-0.2, 0) is 9.47 Å². The maximum Gasteiger partial charge on any atom is 0.0810 e. The van der Waals surface area contributed by atoms with Crippen LogP contribution in [0.5, 0.6) is 0 Å². The molecule has 2 heteroatoms. The van der Waals surface area contributed by atoms with Crippen molar-refractivity contribution in [3.8, 4) is 0 Å². The van der Waals surface area contributed by atoms with Crippen LogP contribution < -0.4 is 0 Å². The molecule has 0 radical (unpaired) electrons. The van der Waals surface area contributed by atoms with E-state index in [0.29, 0.717) is 6.10 Å². The molecule has 1 aliphatic rings. The molecule has 1 aliphatic heterocycles. The molecule has 0 aromatic carbocycles. The fraction of sp³-hybridized carbons (Fsp3) is 1.00. The molecule has 1 fully saturated rings. The first-order chi connectivity index (χ1) is 5.43. The lowest BCUT2D eigenvalue weighted by molar-refractivity contribution is 0.142. The van der Waals surface area contributed by atoms with E-state index in [0.717, 1.165) is 19.8 Å². The summed E-state index contributed by atoms with van der Waals surface area (Å²) in [4.78, 5) is 0. The molecule has 0 aliphatic carbocycles. The van der Waals surface area contributed by atoms with Crippen molar-refractivity contribution in [3.63, 3.8) is 0 Å². The molecule has 0 saturated carbocycles. The van der Waals surface area contributed by atoms with Gasteiger partial charge in [0.15, 0.2) is 0 Å². The molecule has 11 heavy (non-hydrogen) atoms. The van der Waals surface area contributed by atoms with Crippen LogP contribution in [0.4, 0.5) is 0 Å². The quantitative estimate of drug-likeness (QED) is 0.417. The minimum atomic E-state index is 0.613. The summed E-state index contributed by atoms with van der Waals surface area (Å²) in [5.41, 5.74) is 0. The Morgan fingerprint density at radius 3 is 2.82 bits per heavy atom. The largest absolute Gasteiger partial charge is 0.382 e. The SMILES string of the molecule is CCOCCCCCC1CO1. The van der Waals surface area contributed by atoms with Gasteiger partial charge in [0.25, 0.3) is 0 Å². The number of ether oxygens (including phenoxy) is 2. The van der Waals surface area contributed by atoms with E-state index in [1.807, 2.05) is 6.92 Å². The highest BCUT2D eigenvalue weighted by atomic mass is 16.6. The number of epoxide rings is 1. The van der Waals surface area contributed by atoms with Crippen molar-refractivity contribution in [2.75, 3.05) is 19.8 Å². The van der Waals surface area contributed by atoms with Gasteiger partial charge in [0.2, 0.25) is 0 Å². The maximum absolute atomic E-state index is 5.22. The fourth-order valence-electron chi connectivity index (χ4n) is 1.13. The topological polar surface area (TPSA) is 21.8 Å². The summed E-state index contributed by atoms with van der Waals surface area (Å²) in [6.45, 7) is 4.83. The standard InChI is InChI=1S/C9H18O2/c1-2-10-7-5-3-4-6-9-8-11-9/h9H,2-8H2,1H3. The number of rotatable bonds is 7. The Bertz CT molecular complexity index is 89.6. The molecule has 0 aromatic heterocycles. The fourth-order valence-corrected chi connectivity index (χ4v) is 1.13. The van der Waals surface area contributed by atoms with E-state index in [4.69, 9.17) is 9.47 Å². The highest BCUT2D eigenvalue weighted by Crippen LogP contribution is 2.16. The Hall–Kier alpha value is -0.0800. The lowest BCUT2D eigenvalue weighted by Gasteiger charge is -1.99.